The maximum absolute atomic E-state index is 12.4. The van der Waals surface area contributed by atoms with Crippen LogP contribution in [0.4, 0.5) is 0 Å². The molecule has 3 nitrogen and oxygen atoms in total. The second kappa shape index (κ2) is 6.73. The summed E-state index contributed by atoms with van der Waals surface area (Å²) >= 11 is 2.28. The Morgan fingerprint density at radius 2 is 2.22 bits per heavy atom. The summed E-state index contributed by atoms with van der Waals surface area (Å²) in [5.74, 6) is 0.150. The lowest BCUT2D eigenvalue weighted by Crippen LogP contribution is -2.52. The van der Waals surface area contributed by atoms with Crippen molar-refractivity contribution in [2.75, 3.05) is 19.6 Å². The van der Waals surface area contributed by atoms with Gasteiger partial charge in [-0.25, -0.2) is 0 Å². The van der Waals surface area contributed by atoms with Crippen molar-refractivity contribution in [1.29, 1.82) is 0 Å². The number of benzene rings is 1. The SMILES string of the molecule is Cc1ccc(C(=O)N2CCNCC2C)cc1I.Cl. The lowest BCUT2D eigenvalue weighted by atomic mass is 10.1. The molecule has 1 aromatic carbocycles. The van der Waals surface area contributed by atoms with Gasteiger partial charge in [0.1, 0.15) is 0 Å². The van der Waals surface area contributed by atoms with Gasteiger partial charge in [-0.05, 0) is 54.1 Å². The molecule has 1 unspecified atom stereocenters. The second-order valence-electron chi connectivity index (χ2n) is 4.52. The monoisotopic (exact) mass is 380 g/mol. The van der Waals surface area contributed by atoms with Gasteiger partial charge in [-0.2, -0.15) is 0 Å². The molecule has 1 amide bonds. The molecule has 1 saturated heterocycles. The lowest BCUT2D eigenvalue weighted by molar-refractivity contribution is 0.0655. The molecule has 18 heavy (non-hydrogen) atoms. The van der Waals surface area contributed by atoms with Crippen LogP contribution in [0, 0.1) is 10.5 Å². The van der Waals surface area contributed by atoms with Gasteiger partial charge in [0.15, 0.2) is 0 Å². The summed E-state index contributed by atoms with van der Waals surface area (Å²) in [4.78, 5) is 14.3. The number of nitrogens with zero attached hydrogens (tertiary/aromatic N) is 1. The fraction of sp³-hybridized carbons (Fsp3) is 0.462. The zero-order valence-electron chi connectivity index (χ0n) is 10.6. The van der Waals surface area contributed by atoms with Crippen molar-refractivity contribution >= 4 is 40.9 Å². The van der Waals surface area contributed by atoms with Gasteiger partial charge in [-0.1, -0.05) is 6.07 Å². The Morgan fingerprint density at radius 3 is 2.83 bits per heavy atom. The summed E-state index contributed by atoms with van der Waals surface area (Å²) in [6.07, 6.45) is 0. The fourth-order valence-electron chi connectivity index (χ4n) is 2.03. The zero-order valence-corrected chi connectivity index (χ0v) is 13.5. The highest BCUT2D eigenvalue weighted by Gasteiger charge is 2.24. The molecule has 1 atom stereocenters. The molecule has 0 spiro atoms. The van der Waals surface area contributed by atoms with E-state index < -0.39 is 0 Å². The van der Waals surface area contributed by atoms with E-state index in [9.17, 15) is 4.79 Å². The van der Waals surface area contributed by atoms with Crippen molar-refractivity contribution in [2.45, 2.75) is 19.9 Å². The Labute approximate surface area is 128 Å². The summed E-state index contributed by atoms with van der Waals surface area (Å²) in [7, 11) is 0. The van der Waals surface area contributed by atoms with E-state index in [0.717, 1.165) is 28.8 Å². The van der Waals surface area contributed by atoms with Crippen LogP contribution in [-0.2, 0) is 0 Å². The third kappa shape index (κ3) is 3.36. The van der Waals surface area contributed by atoms with Crippen molar-refractivity contribution in [1.82, 2.24) is 10.2 Å². The number of carbonyl (C=O) groups is 1. The van der Waals surface area contributed by atoms with Gasteiger partial charge < -0.3 is 10.2 Å². The maximum atomic E-state index is 12.4. The Kier molecular flexibility index (Phi) is 5.88. The van der Waals surface area contributed by atoms with E-state index in [1.165, 1.54) is 5.56 Å². The summed E-state index contributed by atoms with van der Waals surface area (Å²) < 4.78 is 1.15. The van der Waals surface area contributed by atoms with Crippen molar-refractivity contribution in [2.24, 2.45) is 0 Å². The number of halogens is 2. The third-order valence-electron chi connectivity index (χ3n) is 3.18. The van der Waals surface area contributed by atoms with E-state index in [1.54, 1.807) is 0 Å². The molecule has 0 aliphatic carbocycles. The van der Waals surface area contributed by atoms with Crippen LogP contribution in [0.1, 0.15) is 22.8 Å². The highest BCUT2D eigenvalue weighted by molar-refractivity contribution is 14.1. The fourth-order valence-corrected chi connectivity index (χ4v) is 2.55. The molecule has 2 rings (SSSR count). The first-order valence-corrected chi connectivity index (χ1v) is 6.95. The first-order valence-electron chi connectivity index (χ1n) is 5.87. The minimum absolute atomic E-state index is 0. The van der Waals surface area contributed by atoms with E-state index in [0.29, 0.717) is 0 Å². The van der Waals surface area contributed by atoms with Crippen LogP contribution in [0.15, 0.2) is 18.2 Å². The van der Waals surface area contributed by atoms with Crippen LogP contribution >= 0.6 is 35.0 Å². The van der Waals surface area contributed by atoms with Crippen molar-refractivity contribution < 1.29 is 4.79 Å². The van der Waals surface area contributed by atoms with Crippen LogP contribution in [0.25, 0.3) is 0 Å². The number of hydrogen-bond donors (Lipinski definition) is 1. The number of aryl methyl sites for hydroxylation is 1. The Bertz CT molecular complexity index is 439. The van der Waals surface area contributed by atoms with E-state index in [4.69, 9.17) is 0 Å². The molecule has 1 aliphatic heterocycles. The van der Waals surface area contributed by atoms with E-state index >= 15 is 0 Å². The molecule has 1 aliphatic rings. The largest absolute Gasteiger partial charge is 0.333 e. The molecule has 1 heterocycles. The third-order valence-corrected chi connectivity index (χ3v) is 4.34. The van der Waals surface area contributed by atoms with Gasteiger partial charge >= 0.3 is 0 Å². The average Bonchev–Trinajstić information content (AvgIpc) is 2.32. The van der Waals surface area contributed by atoms with Crippen LogP contribution in [0.5, 0.6) is 0 Å². The highest BCUT2D eigenvalue weighted by Crippen LogP contribution is 2.16. The minimum atomic E-state index is 0. The molecule has 0 aromatic heterocycles. The molecule has 0 saturated carbocycles. The molecular formula is C13H18ClIN2O. The molecule has 1 N–H and O–H groups in total. The van der Waals surface area contributed by atoms with E-state index in [1.807, 2.05) is 23.1 Å². The summed E-state index contributed by atoms with van der Waals surface area (Å²) in [6.45, 7) is 6.71. The number of rotatable bonds is 1. The Morgan fingerprint density at radius 1 is 1.50 bits per heavy atom. The molecule has 0 bridgehead atoms. The van der Waals surface area contributed by atoms with E-state index in [2.05, 4.69) is 41.8 Å². The topological polar surface area (TPSA) is 32.3 Å². The smallest absolute Gasteiger partial charge is 0.254 e. The normalized spacial score (nSPS) is 19.3. The summed E-state index contributed by atoms with van der Waals surface area (Å²) in [6, 6.07) is 6.19. The standard InChI is InChI=1S/C13H17IN2O.ClH/c1-9-3-4-11(7-12(9)14)13(17)16-6-5-15-8-10(16)2;/h3-4,7,10,15H,5-6,8H2,1-2H3;1H. The summed E-state index contributed by atoms with van der Waals surface area (Å²) in [5.41, 5.74) is 2.02. The average molecular weight is 381 g/mol. The zero-order chi connectivity index (χ0) is 12.4. The minimum Gasteiger partial charge on any atom is -0.333 e. The van der Waals surface area contributed by atoms with Gasteiger partial charge in [-0.15, -0.1) is 12.4 Å². The maximum Gasteiger partial charge on any atom is 0.254 e. The summed E-state index contributed by atoms with van der Waals surface area (Å²) in [5, 5.41) is 3.30. The lowest BCUT2D eigenvalue weighted by Gasteiger charge is -2.34. The number of nitrogens with one attached hydrogen (secondary N) is 1. The van der Waals surface area contributed by atoms with Gasteiger partial charge in [0.2, 0.25) is 0 Å². The van der Waals surface area contributed by atoms with E-state index in [-0.39, 0.29) is 24.4 Å². The van der Waals surface area contributed by atoms with Crippen molar-refractivity contribution in [3.8, 4) is 0 Å². The predicted molar refractivity (Wildman–Crippen MR) is 84.5 cm³/mol. The van der Waals surface area contributed by atoms with Crippen LogP contribution < -0.4 is 5.32 Å². The molecule has 5 heteroatoms. The van der Waals surface area contributed by atoms with Gasteiger partial charge in [0.25, 0.3) is 5.91 Å². The van der Waals surface area contributed by atoms with Crippen LogP contribution in [-0.4, -0.2) is 36.5 Å². The second-order valence-corrected chi connectivity index (χ2v) is 5.68. The number of hydrogen-bond acceptors (Lipinski definition) is 2. The Hall–Kier alpha value is -0.330. The quantitative estimate of drug-likeness (QED) is 0.759. The van der Waals surface area contributed by atoms with Crippen LogP contribution in [0.2, 0.25) is 0 Å². The molecule has 100 valence electrons. The van der Waals surface area contributed by atoms with Gasteiger partial charge in [0.05, 0.1) is 0 Å². The number of carbonyl (C=O) groups excluding carboxylic acids is 1. The Balaban J connectivity index is 0.00000162. The molecule has 1 fully saturated rings. The first-order chi connectivity index (χ1) is 8.09. The van der Waals surface area contributed by atoms with Crippen molar-refractivity contribution in [3.63, 3.8) is 0 Å². The van der Waals surface area contributed by atoms with Gasteiger partial charge in [0, 0.05) is 34.8 Å². The molecule has 0 radical (unpaired) electrons. The number of amides is 1. The van der Waals surface area contributed by atoms with Crippen LogP contribution in [0.3, 0.4) is 0 Å². The van der Waals surface area contributed by atoms with Gasteiger partial charge in [-0.3, -0.25) is 4.79 Å². The first kappa shape index (κ1) is 15.7. The molecule has 1 aromatic rings. The predicted octanol–water partition coefficient (Wildman–Crippen LogP) is 2.46. The highest BCUT2D eigenvalue weighted by atomic mass is 127. The van der Waals surface area contributed by atoms with Crippen molar-refractivity contribution in [3.05, 3.63) is 32.9 Å². The number of piperazine rings is 1. The molecular weight excluding hydrogens is 363 g/mol.